The van der Waals surface area contributed by atoms with Crippen molar-refractivity contribution in [1.82, 2.24) is 0 Å². The van der Waals surface area contributed by atoms with Gasteiger partial charge in [0.25, 0.3) is 15.9 Å². The van der Waals surface area contributed by atoms with Gasteiger partial charge in [-0.05, 0) is 61.0 Å². The van der Waals surface area contributed by atoms with Gasteiger partial charge in [0.1, 0.15) is 5.75 Å². The Kier molecular flexibility index (Phi) is 6.87. The summed E-state index contributed by atoms with van der Waals surface area (Å²) < 4.78 is 33.1. The summed E-state index contributed by atoms with van der Waals surface area (Å²) in [5.74, 6) is -0.0110. The van der Waals surface area contributed by atoms with E-state index < -0.39 is 15.9 Å². The number of ether oxygens (including phenoxy) is 1. The smallest absolute Gasteiger partial charge is 0.262 e. The van der Waals surface area contributed by atoms with Crippen LogP contribution in [0.1, 0.15) is 5.56 Å². The fourth-order valence-corrected chi connectivity index (χ4v) is 4.31. The molecule has 2 N–H and O–H groups in total. The van der Waals surface area contributed by atoms with Gasteiger partial charge in [-0.25, -0.2) is 8.42 Å². The number of benzene rings is 3. The number of amides is 1. The van der Waals surface area contributed by atoms with Crippen molar-refractivity contribution in [2.24, 2.45) is 0 Å². The first-order valence-electron chi connectivity index (χ1n) is 8.80. The Hall–Kier alpha value is -2.74. The Bertz CT molecular complexity index is 1150. The Balaban J connectivity index is 1.64. The molecule has 3 aromatic carbocycles. The van der Waals surface area contributed by atoms with Crippen LogP contribution in [0.5, 0.6) is 5.75 Å². The maximum Gasteiger partial charge on any atom is 0.262 e. The fraction of sp³-hybridized carbons (Fsp3) is 0.0952. The van der Waals surface area contributed by atoms with E-state index in [4.69, 9.17) is 27.9 Å². The second-order valence-corrected chi connectivity index (χ2v) is 8.95. The van der Waals surface area contributed by atoms with Gasteiger partial charge in [-0.1, -0.05) is 41.4 Å². The van der Waals surface area contributed by atoms with Crippen LogP contribution in [-0.4, -0.2) is 20.9 Å². The summed E-state index contributed by atoms with van der Waals surface area (Å²) in [5, 5.41) is 3.43. The van der Waals surface area contributed by atoms with Crippen molar-refractivity contribution in [3.8, 4) is 5.75 Å². The molecule has 9 heteroatoms. The first kappa shape index (κ1) is 22.0. The van der Waals surface area contributed by atoms with Gasteiger partial charge in [0.15, 0.2) is 6.61 Å². The van der Waals surface area contributed by atoms with E-state index in [1.807, 2.05) is 0 Å². The van der Waals surface area contributed by atoms with Crippen LogP contribution in [0.3, 0.4) is 0 Å². The van der Waals surface area contributed by atoms with E-state index in [1.54, 1.807) is 55.5 Å². The quantitative estimate of drug-likeness (QED) is 0.507. The molecule has 156 valence electrons. The third kappa shape index (κ3) is 5.89. The number of halogens is 2. The highest BCUT2D eigenvalue weighted by atomic mass is 35.5. The highest BCUT2D eigenvalue weighted by Crippen LogP contribution is 2.24. The zero-order chi connectivity index (χ0) is 21.7. The number of carbonyl (C=O) groups excluding carboxylic acids is 1. The Morgan fingerprint density at radius 1 is 0.933 bits per heavy atom. The van der Waals surface area contributed by atoms with Crippen LogP contribution in [0, 0.1) is 6.92 Å². The minimum Gasteiger partial charge on any atom is -0.483 e. The second kappa shape index (κ2) is 9.38. The van der Waals surface area contributed by atoms with E-state index in [0.29, 0.717) is 32.7 Å². The summed E-state index contributed by atoms with van der Waals surface area (Å²) in [6, 6.07) is 17.7. The molecule has 6 nitrogen and oxygen atoms in total. The lowest BCUT2D eigenvalue weighted by Gasteiger charge is -2.12. The Morgan fingerprint density at radius 3 is 2.23 bits per heavy atom. The molecule has 3 aromatic rings. The lowest BCUT2D eigenvalue weighted by Crippen LogP contribution is -2.20. The number of carbonyl (C=O) groups is 1. The van der Waals surface area contributed by atoms with Gasteiger partial charge in [-0.2, -0.15) is 0 Å². The predicted octanol–water partition coefficient (Wildman–Crippen LogP) is 5.12. The van der Waals surface area contributed by atoms with Crippen molar-refractivity contribution < 1.29 is 17.9 Å². The SMILES string of the molecule is Cc1cc(S(=O)(=O)Nc2ccccc2)ccc1OCC(=O)Nc1cc(Cl)cc(Cl)c1. The van der Waals surface area contributed by atoms with Gasteiger partial charge in [-0.15, -0.1) is 0 Å². The third-order valence-electron chi connectivity index (χ3n) is 3.99. The van der Waals surface area contributed by atoms with E-state index >= 15 is 0 Å². The molecule has 0 aromatic heterocycles. The Labute approximate surface area is 184 Å². The van der Waals surface area contributed by atoms with Gasteiger partial charge in [0.05, 0.1) is 4.90 Å². The van der Waals surface area contributed by atoms with Crippen LogP contribution < -0.4 is 14.8 Å². The topological polar surface area (TPSA) is 84.5 Å². The van der Waals surface area contributed by atoms with Crippen molar-refractivity contribution >= 4 is 50.5 Å². The lowest BCUT2D eigenvalue weighted by molar-refractivity contribution is -0.118. The van der Waals surface area contributed by atoms with Crippen LogP contribution in [0.4, 0.5) is 11.4 Å². The fourth-order valence-electron chi connectivity index (χ4n) is 2.64. The summed E-state index contributed by atoms with van der Waals surface area (Å²) in [7, 11) is -3.74. The van der Waals surface area contributed by atoms with Crippen LogP contribution in [-0.2, 0) is 14.8 Å². The van der Waals surface area contributed by atoms with Crippen LogP contribution >= 0.6 is 23.2 Å². The van der Waals surface area contributed by atoms with E-state index in [-0.39, 0.29) is 11.5 Å². The standard InChI is InChI=1S/C21H18Cl2N2O4S/c1-14-9-19(30(27,28)25-17-5-3-2-4-6-17)7-8-20(14)29-13-21(26)24-18-11-15(22)10-16(23)12-18/h2-12,25H,13H2,1H3,(H,24,26). The molecule has 0 radical (unpaired) electrons. The summed E-state index contributed by atoms with van der Waals surface area (Å²) in [6.45, 7) is 1.44. The van der Waals surface area contributed by atoms with Gasteiger partial charge < -0.3 is 10.1 Å². The normalized spacial score (nSPS) is 11.0. The molecule has 0 aliphatic heterocycles. The summed E-state index contributed by atoms with van der Waals surface area (Å²) in [6.07, 6.45) is 0. The van der Waals surface area contributed by atoms with Crippen molar-refractivity contribution in [1.29, 1.82) is 0 Å². The second-order valence-electron chi connectivity index (χ2n) is 6.39. The first-order chi connectivity index (χ1) is 14.2. The summed E-state index contributed by atoms with van der Waals surface area (Å²) >= 11 is 11.8. The zero-order valence-corrected chi connectivity index (χ0v) is 18.2. The van der Waals surface area contributed by atoms with Gasteiger partial charge >= 0.3 is 0 Å². The highest BCUT2D eigenvalue weighted by molar-refractivity contribution is 7.92. The number of sulfonamides is 1. The maximum atomic E-state index is 12.6. The summed E-state index contributed by atoms with van der Waals surface area (Å²) in [5.41, 5.74) is 1.49. The number of aryl methyl sites for hydroxylation is 1. The van der Waals surface area contributed by atoms with Crippen molar-refractivity contribution in [2.45, 2.75) is 11.8 Å². The lowest BCUT2D eigenvalue weighted by atomic mass is 10.2. The number of para-hydroxylation sites is 1. The molecule has 0 saturated heterocycles. The van der Waals surface area contributed by atoms with E-state index in [9.17, 15) is 13.2 Å². The minimum atomic E-state index is -3.74. The molecular formula is C21H18Cl2N2O4S. The molecule has 0 fully saturated rings. The van der Waals surface area contributed by atoms with Crippen molar-refractivity contribution in [3.05, 3.63) is 82.3 Å². The predicted molar refractivity (Wildman–Crippen MR) is 119 cm³/mol. The average molecular weight is 465 g/mol. The molecule has 1 amide bonds. The molecule has 0 spiro atoms. The molecular weight excluding hydrogens is 447 g/mol. The van der Waals surface area contributed by atoms with Crippen molar-refractivity contribution in [2.75, 3.05) is 16.6 Å². The highest BCUT2D eigenvalue weighted by Gasteiger charge is 2.16. The Morgan fingerprint density at radius 2 is 1.60 bits per heavy atom. The van der Waals surface area contributed by atoms with Crippen LogP contribution in [0.15, 0.2) is 71.6 Å². The van der Waals surface area contributed by atoms with Crippen LogP contribution in [0.25, 0.3) is 0 Å². The van der Waals surface area contributed by atoms with E-state index in [2.05, 4.69) is 10.0 Å². The van der Waals surface area contributed by atoms with Crippen molar-refractivity contribution in [3.63, 3.8) is 0 Å². The molecule has 0 saturated carbocycles. The molecule has 0 unspecified atom stereocenters. The number of rotatable bonds is 7. The molecule has 0 aliphatic rings. The number of hydrogen-bond acceptors (Lipinski definition) is 4. The molecule has 0 bridgehead atoms. The molecule has 3 rings (SSSR count). The van der Waals surface area contributed by atoms with E-state index in [0.717, 1.165) is 0 Å². The number of nitrogens with one attached hydrogen (secondary N) is 2. The first-order valence-corrected chi connectivity index (χ1v) is 11.0. The van der Waals surface area contributed by atoms with Gasteiger partial charge in [0.2, 0.25) is 0 Å². The monoisotopic (exact) mass is 464 g/mol. The van der Waals surface area contributed by atoms with E-state index in [1.165, 1.54) is 18.2 Å². The van der Waals surface area contributed by atoms with Crippen LogP contribution in [0.2, 0.25) is 10.0 Å². The number of anilines is 2. The number of hydrogen-bond donors (Lipinski definition) is 2. The third-order valence-corrected chi connectivity index (χ3v) is 5.80. The molecule has 0 heterocycles. The van der Waals surface area contributed by atoms with Gasteiger partial charge in [-0.3, -0.25) is 9.52 Å². The molecule has 0 aliphatic carbocycles. The molecule has 0 atom stereocenters. The molecule has 30 heavy (non-hydrogen) atoms. The average Bonchev–Trinajstić information content (AvgIpc) is 2.66. The largest absolute Gasteiger partial charge is 0.483 e. The summed E-state index contributed by atoms with van der Waals surface area (Å²) in [4.78, 5) is 12.2. The maximum absolute atomic E-state index is 12.6. The van der Waals surface area contributed by atoms with Gasteiger partial charge in [0, 0.05) is 21.4 Å². The zero-order valence-electron chi connectivity index (χ0n) is 15.9. The minimum absolute atomic E-state index is 0.0919.